The quantitative estimate of drug-likeness (QED) is 0.893. The molecule has 1 aromatic rings. The number of aryl methyl sites for hydroxylation is 1. The highest BCUT2D eigenvalue weighted by Gasteiger charge is 2.33. The van der Waals surface area contributed by atoms with Crippen molar-refractivity contribution < 1.29 is 18.0 Å². The largest absolute Gasteiger partial charge is 0.401 e. The number of nitrogens with zero attached hydrogens (tertiary/aromatic N) is 3. The number of halogens is 3. The zero-order chi connectivity index (χ0) is 17.7. The van der Waals surface area contributed by atoms with Crippen LogP contribution in [-0.2, 0) is 0 Å². The first-order valence-electron chi connectivity index (χ1n) is 8.05. The average Bonchev–Trinajstić information content (AvgIpc) is 2.94. The molecule has 2 amide bonds. The molecule has 1 aliphatic rings. The molecule has 5 nitrogen and oxygen atoms in total. The monoisotopic (exact) mass is 344 g/mol. The van der Waals surface area contributed by atoms with E-state index < -0.39 is 12.7 Å². The Hall–Kier alpha value is -1.83. The van der Waals surface area contributed by atoms with Gasteiger partial charge in [0.15, 0.2) is 0 Å². The number of likely N-dealkylation sites (tertiary alicyclic amines) is 1. The maximum atomic E-state index is 12.5. The van der Waals surface area contributed by atoms with Gasteiger partial charge >= 0.3 is 12.2 Å². The number of carbonyl (C=O) groups is 1. The zero-order valence-electron chi connectivity index (χ0n) is 13.9. The number of alkyl halides is 3. The maximum Gasteiger partial charge on any atom is 0.401 e. The highest BCUT2D eigenvalue weighted by Crippen LogP contribution is 2.21. The SMILES string of the molecule is CCN(C[C@H]1CCN(C(=O)Nc2cccc(C)n2)C1)CC(F)(F)F. The van der Waals surface area contributed by atoms with E-state index in [1.807, 2.05) is 13.0 Å². The smallest absolute Gasteiger partial charge is 0.324 e. The zero-order valence-corrected chi connectivity index (χ0v) is 13.9. The first kappa shape index (κ1) is 18.5. The third-order valence-electron chi connectivity index (χ3n) is 4.06. The molecular formula is C16H23F3N4O. The Bertz CT molecular complexity index is 564. The van der Waals surface area contributed by atoms with Crippen molar-refractivity contribution in [3.8, 4) is 0 Å². The lowest BCUT2D eigenvalue weighted by molar-refractivity contribution is -0.146. The molecule has 2 rings (SSSR count). The van der Waals surface area contributed by atoms with E-state index in [1.165, 1.54) is 4.90 Å². The van der Waals surface area contributed by atoms with E-state index in [0.29, 0.717) is 38.4 Å². The number of pyridine rings is 1. The minimum Gasteiger partial charge on any atom is -0.324 e. The van der Waals surface area contributed by atoms with Crippen LogP contribution in [0.25, 0.3) is 0 Å². The number of anilines is 1. The second-order valence-electron chi connectivity index (χ2n) is 6.14. The molecule has 0 unspecified atom stereocenters. The standard InChI is InChI=1S/C16H23F3N4O/c1-3-22(11-16(17,18)19)9-13-7-8-23(10-13)15(24)21-14-6-4-5-12(2)20-14/h4-6,13H,3,7-11H2,1-2H3,(H,20,21,24)/t13-/m1/s1. The van der Waals surface area contributed by atoms with Gasteiger partial charge in [-0.15, -0.1) is 0 Å². The molecule has 1 atom stereocenters. The lowest BCUT2D eigenvalue weighted by atomic mass is 10.1. The van der Waals surface area contributed by atoms with Gasteiger partial charge < -0.3 is 4.90 Å². The Morgan fingerprint density at radius 1 is 1.46 bits per heavy atom. The topological polar surface area (TPSA) is 48.5 Å². The van der Waals surface area contributed by atoms with E-state index in [0.717, 1.165) is 5.69 Å². The van der Waals surface area contributed by atoms with E-state index >= 15 is 0 Å². The van der Waals surface area contributed by atoms with Crippen LogP contribution < -0.4 is 5.32 Å². The van der Waals surface area contributed by atoms with Gasteiger partial charge in [-0.25, -0.2) is 9.78 Å². The highest BCUT2D eigenvalue weighted by molar-refractivity contribution is 5.88. The summed E-state index contributed by atoms with van der Waals surface area (Å²) in [4.78, 5) is 19.5. The predicted molar refractivity (Wildman–Crippen MR) is 85.8 cm³/mol. The fraction of sp³-hybridized carbons (Fsp3) is 0.625. The van der Waals surface area contributed by atoms with Gasteiger partial charge in [0.1, 0.15) is 5.82 Å². The van der Waals surface area contributed by atoms with Crippen LogP contribution in [-0.4, -0.2) is 59.7 Å². The number of urea groups is 1. The van der Waals surface area contributed by atoms with Crippen molar-refractivity contribution in [1.82, 2.24) is 14.8 Å². The number of nitrogens with one attached hydrogen (secondary N) is 1. The van der Waals surface area contributed by atoms with Crippen molar-refractivity contribution in [3.63, 3.8) is 0 Å². The third kappa shape index (κ3) is 5.67. The van der Waals surface area contributed by atoms with Gasteiger partial charge in [0, 0.05) is 25.3 Å². The van der Waals surface area contributed by atoms with E-state index in [1.54, 1.807) is 24.0 Å². The molecule has 0 radical (unpaired) electrons. The number of hydrogen-bond donors (Lipinski definition) is 1. The van der Waals surface area contributed by atoms with E-state index in [9.17, 15) is 18.0 Å². The van der Waals surface area contributed by atoms with Gasteiger partial charge in [-0.2, -0.15) is 13.2 Å². The van der Waals surface area contributed by atoms with Crippen LogP contribution in [0.4, 0.5) is 23.8 Å². The van der Waals surface area contributed by atoms with Gasteiger partial charge in [0.05, 0.1) is 6.54 Å². The Morgan fingerprint density at radius 3 is 2.83 bits per heavy atom. The normalized spacial score (nSPS) is 18.2. The molecule has 0 saturated carbocycles. The fourth-order valence-electron chi connectivity index (χ4n) is 2.89. The summed E-state index contributed by atoms with van der Waals surface area (Å²) >= 11 is 0. The van der Waals surface area contributed by atoms with Crippen LogP contribution in [0.1, 0.15) is 19.0 Å². The average molecular weight is 344 g/mol. The summed E-state index contributed by atoms with van der Waals surface area (Å²) in [6, 6.07) is 5.10. The summed E-state index contributed by atoms with van der Waals surface area (Å²) in [5, 5.41) is 2.73. The number of carbonyl (C=O) groups excluding carboxylic acids is 1. The summed E-state index contributed by atoms with van der Waals surface area (Å²) < 4.78 is 37.6. The van der Waals surface area contributed by atoms with Gasteiger partial charge in [-0.3, -0.25) is 10.2 Å². The summed E-state index contributed by atoms with van der Waals surface area (Å²) in [5.74, 6) is 0.541. The molecule has 0 aromatic carbocycles. The lowest BCUT2D eigenvalue weighted by Crippen LogP contribution is -2.39. The summed E-state index contributed by atoms with van der Waals surface area (Å²) in [7, 11) is 0. The molecule has 134 valence electrons. The molecule has 0 bridgehead atoms. The molecule has 1 N–H and O–H groups in total. The molecule has 0 spiro atoms. The number of aromatic nitrogens is 1. The minimum atomic E-state index is -4.19. The molecule has 1 aromatic heterocycles. The van der Waals surface area contributed by atoms with Gasteiger partial charge in [0.25, 0.3) is 0 Å². The minimum absolute atomic E-state index is 0.0588. The molecule has 0 aliphatic carbocycles. The van der Waals surface area contributed by atoms with Crippen molar-refractivity contribution >= 4 is 11.8 Å². The predicted octanol–water partition coefficient (Wildman–Crippen LogP) is 3.13. The van der Waals surface area contributed by atoms with Crippen molar-refractivity contribution in [2.75, 3.05) is 38.0 Å². The van der Waals surface area contributed by atoms with Crippen molar-refractivity contribution in [2.24, 2.45) is 5.92 Å². The molecule has 1 fully saturated rings. The van der Waals surface area contributed by atoms with Crippen LogP contribution >= 0.6 is 0 Å². The molecular weight excluding hydrogens is 321 g/mol. The second-order valence-corrected chi connectivity index (χ2v) is 6.14. The highest BCUT2D eigenvalue weighted by atomic mass is 19.4. The Kier molecular flexibility index (Phi) is 6.04. The van der Waals surface area contributed by atoms with Gasteiger partial charge in [0.2, 0.25) is 0 Å². The summed E-state index contributed by atoms with van der Waals surface area (Å²) in [5.41, 5.74) is 0.804. The number of rotatable bonds is 5. The molecule has 8 heteroatoms. The number of amides is 2. The molecule has 1 saturated heterocycles. The first-order valence-corrected chi connectivity index (χ1v) is 8.05. The molecule has 2 heterocycles. The molecule has 1 aliphatic heterocycles. The second kappa shape index (κ2) is 7.83. The maximum absolute atomic E-state index is 12.5. The summed E-state index contributed by atoms with van der Waals surface area (Å²) in [6.45, 7) is 4.35. The van der Waals surface area contributed by atoms with E-state index in [4.69, 9.17) is 0 Å². The van der Waals surface area contributed by atoms with Crippen LogP contribution in [0.15, 0.2) is 18.2 Å². The van der Waals surface area contributed by atoms with Crippen molar-refractivity contribution in [3.05, 3.63) is 23.9 Å². The first-order chi connectivity index (χ1) is 11.3. The van der Waals surface area contributed by atoms with Crippen molar-refractivity contribution in [2.45, 2.75) is 26.4 Å². The molecule has 24 heavy (non-hydrogen) atoms. The van der Waals surface area contributed by atoms with E-state index in [-0.39, 0.29) is 11.9 Å². The Morgan fingerprint density at radius 2 is 2.21 bits per heavy atom. The summed E-state index contributed by atoms with van der Waals surface area (Å²) in [6.07, 6.45) is -3.48. The Balaban J connectivity index is 1.84. The van der Waals surface area contributed by atoms with Crippen LogP contribution in [0.2, 0.25) is 0 Å². The van der Waals surface area contributed by atoms with Crippen molar-refractivity contribution in [1.29, 1.82) is 0 Å². The van der Waals surface area contributed by atoms with Gasteiger partial charge in [-0.1, -0.05) is 13.0 Å². The van der Waals surface area contributed by atoms with E-state index in [2.05, 4.69) is 10.3 Å². The number of hydrogen-bond acceptors (Lipinski definition) is 3. The third-order valence-corrected chi connectivity index (χ3v) is 4.06. The van der Waals surface area contributed by atoms with Gasteiger partial charge in [-0.05, 0) is 37.9 Å². The fourth-order valence-corrected chi connectivity index (χ4v) is 2.89. The van der Waals surface area contributed by atoms with Crippen LogP contribution in [0.3, 0.4) is 0 Å². The lowest BCUT2D eigenvalue weighted by Gasteiger charge is -2.25. The van der Waals surface area contributed by atoms with Crippen LogP contribution in [0.5, 0.6) is 0 Å². The van der Waals surface area contributed by atoms with Crippen LogP contribution in [0, 0.1) is 12.8 Å². The Labute approximate surface area is 139 Å².